The number of rotatable bonds is 6. The third-order valence-corrected chi connectivity index (χ3v) is 5.67. The molecular weight excluding hydrogens is 362 g/mol. The molecule has 2 atom stereocenters. The van der Waals surface area contributed by atoms with E-state index < -0.39 is 6.23 Å². The lowest BCUT2D eigenvalue weighted by atomic mass is 10.1. The minimum absolute atomic E-state index is 0.609. The Morgan fingerprint density at radius 1 is 1.14 bits per heavy atom. The maximum absolute atomic E-state index is 10.6. The van der Waals surface area contributed by atoms with E-state index in [0.29, 0.717) is 11.7 Å². The number of aliphatic hydroxyl groups is 1. The Morgan fingerprint density at radius 3 is 2.52 bits per heavy atom. The molecule has 0 spiro atoms. The fourth-order valence-electron chi connectivity index (χ4n) is 3.75. The average molecular weight is 392 g/mol. The van der Waals surface area contributed by atoms with Gasteiger partial charge in [0.1, 0.15) is 0 Å². The summed E-state index contributed by atoms with van der Waals surface area (Å²) in [7, 11) is 4.28. The SMILES string of the molecule is Cc1ccc(-c2cc(C(O)Nc3ccc(N4CCC(N(C)C)C4)cc3)[nH]n2)cc1. The summed E-state index contributed by atoms with van der Waals surface area (Å²) in [4.78, 5) is 4.70. The van der Waals surface area contributed by atoms with Crippen molar-refractivity contribution in [1.29, 1.82) is 0 Å². The van der Waals surface area contributed by atoms with Crippen LogP contribution in [0.1, 0.15) is 23.9 Å². The Labute approximate surface area is 172 Å². The lowest BCUT2D eigenvalue weighted by Gasteiger charge is -2.22. The smallest absolute Gasteiger partial charge is 0.167 e. The molecule has 2 aromatic carbocycles. The highest BCUT2D eigenvalue weighted by molar-refractivity contribution is 5.60. The van der Waals surface area contributed by atoms with Gasteiger partial charge in [0, 0.05) is 36.1 Å². The van der Waals surface area contributed by atoms with Crippen molar-refractivity contribution in [3.8, 4) is 11.3 Å². The summed E-state index contributed by atoms with van der Waals surface area (Å²) in [5.41, 5.74) is 5.78. The predicted molar refractivity (Wildman–Crippen MR) is 118 cm³/mol. The molecule has 0 saturated carbocycles. The molecule has 0 amide bonds. The number of aromatic nitrogens is 2. The Bertz CT molecular complexity index is 933. The van der Waals surface area contributed by atoms with Gasteiger partial charge in [-0.25, -0.2) is 0 Å². The predicted octanol–water partition coefficient (Wildman–Crippen LogP) is 3.63. The standard InChI is InChI=1S/C23H29N5O/c1-16-4-6-17(7-5-16)21-14-22(26-25-21)23(29)24-18-8-10-19(11-9-18)28-13-12-20(15-28)27(2)3/h4-11,14,20,23-24,29H,12-13,15H2,1-3H3,(H,25,26). The Hall–Kier alpha value is -2.83. The molecule has 152 valence electrons. The first-order chi connectivity index (χ1) is 14.0. The summed E-state index contributed by atoms with van der Waals surface area (Å²) in [5, 5.41) is 21.0. The van der Waals surface area contributed by atoms with E-state index in [1.165, 1.54) is 17.7 Å². The first kappa shape index (κ1) is 19.5. The summed E-state index contributed by atoms with van der Waals surface area (Å²) in [6, 6.07) is 18.9. The zero-order valence-electron chi connectivity index (χ0n) is 17.3. The van der Waals surface area contributed by atoms with Gasteiger partial charge >= 0.3 is 0 Å². The van der Waals surface area contributed by atoms with Crippen molar-refractivity contribution < 1.29 is 5.11 Å². The third kappa shape index (κ3) is 4.44. The van der Waals surface area contributed by atoms with Crippen molar-refractivity contribution in [2.45, 2.75) is 25.6 Å². The molecule has 6 heteroatoms. The van der Waals surface area contributed by atoms with Crippen LogP contribution in [0.3, 0.4) is 0 Å². The van der Waals surface area contributed by atoms with Crippen LogP contribution < -0.4 is 10.2 Å². The van der Waals surface area contributed by atoms with Gasteiger partial charge in [-0.2, -0.15) is 5.10 Å². The maximum atomic E-state index is 10.6. The molecule has 29 heavy (non-hydrogen) atoms. The Balaban J connectivity index is 1.39. The number of H-pyrrole nitrogens is 1. The van der Waals surface area contributed by atoms with Crippen LogP contribution in [-0.4, -0.2) is 53.4 Å². The molecular formula is C23H29N5O. The Kier molecular flexibility index (Phi) is 5.56. The molecule has 1 fully saturated rings. The molecule has 3 N–H and O–H groups in total. The summed E-state index contributed by atoms with van der Waals surface area (Å²) >= 11 is 0. The fourth-order valence-corrected chi connectivity index (χ4v) is 3.75. The van der Waals surface area contributed by atoms with Crippen molar-refractivity contribution in [3.63, 3.8) is 0 Å². The molecule has 1 aromatic heterocycles. The van der Waals surface area contributed by atoms with E-state index in [0.717, 1.165) is 30.0 Å². The minimum Gasteiger partial charge on any atom is -0.370 e. The second-order valence-corrected chi connectivity index (χ2v) is 8.02. The number of likely N-dealkylation sites (N-methyl/N-ethyl adjacent to an activating group) is 1. The van der Waals surface area contributed by atoms with E-state index >= 15 is 0 Å². The van der Waals surface area contributed by atoms with Crippen LogP contribution in [-0.2, 0) is 0 Å². The van der Waals surface area contributed by atoms with E-state index in [-0.39, 0.29) is 0 Å². The topological polar surface area (TPSA) is 67.4 Å². The number of nitrogens with zero attached hydrogens (tertiary/aromatic N) is 3. The number of hydrogen-bond acceptors (Lipinski definition) is 5. The Morgan fingerprint density at radius 2 is 1.86 bits per heavy atom. The number of aliphatic hydroxyl groups excluding tert-OH is 1. The highest BCUT2D eigenvalue weighted by Crippen LogP contribution is 2.26. The number of nitrogens with one attached hydrogen (secondary N) is 2. The van der Waals surface area contributed by atoms with Crippen LogP contribution in [0.25, 0.3) is 11.3 Å². The van der Waals surface area contributed by atoms with Crippen LogP contribution in [0.5, 0.6) is 0 Å². The van der Waals surface area contributed by atoms with Crippen molar-refractivity contribution in [2.75, 3.05) is 37.4 Å². The minimum atomic E-state index is -0.850. The van der Waals surface area contributed by atoms with E-state index in [2.05, 4.69) is 70.6 Å². The summed E-state index contributed by atoms with van der Waals surface area (Å²) in [5.74, 6) is 0. The maximum Gasteiger partial charge on any atom is 0.167 e. The fraction of sp³-hybridized carbons (Fsp3) is 0.348. The average Bonchev–Trinajstić information content (AvgIpc) is 3.39. The highest BCUT2D eigenvalue weighted by atomic mass is 16.3. The lowest BCUT2D eigenvalue weighted by Crippen LogP contribution is -2.31. The normalized spacial score (nSPS) is 17.7. The first-order valence-electron chi connectivity index (χ1n) is 10.1. The second kappa shape index (κ2) is 8.27. The monoisotopic (exact) mass is 391 g/mol. The van der Waals surface area contributed by atoms with Crippen LogP contribution in [0, 0.1) is 6.92 Å². The van der Waals surface area contributed by atoms with Crippen molar-refractivity contribution >= 4 is 11.4 Å². The largest absolute Gasteiger partial charge is 0.370 e. The van der Waals surface area contributed by atoms with Crippen LogP contribution in [0.15, 0.2) is 54.6 Å². The lowest BCUT2D eigenvalue weighted by molar-refractivity contribution is 0.203. The second-order valence-electron chi connectivity index (χ2n) is 8.02. The molecule has 0 radical (unpaired) electrons. The molecule has 0 bridgehead atoms. The van der Waals surface area contributed by atoms with Gasteiger partial charge in [0.25, 0.3) is 0 Å². The van der Waals surface area contributed by atoms with Gasteiger partial charge in [-0.1, -0.05) is 29.8 Å². The zero-order chi connectivity index (χ0) is 20.4. The van der Waals surface area contributed by atoms with Crippen molar-refractivity contribution in [1.82, 2.24) is 15.1 Å². The number of aromatic amines is 1. The van der Waals surface area contributed by atoms with Gasteiger partial charge in [0.05, 0.1) is 11.4 Å². The molecule has 2 unspecified atom stereocenters. The molecule has 1 aliphatic heterocycles. The molecule has 3 aromatic rings. The number of hydrogen-bond donors (Lipinski definition) is 3. The van der Waals surface area contributed by atoms with Crippen molar-refractivity contribution in [2.24, 2.45) is 0 Å². The van der Waals surface area contributed by atoms with Gasteiger partial charge in [-0.3, -0.25) is 5.10 Å². The van der Waals surface area contributed by atoms with E-state index in [1.54, 1.807) is 0 Å². The number of benzene rings is 2. The van der Waals surface area contributed by atoms with Gasteiger partial charge in [-0.05, 0) is 57.8 Å². The molecule has 1 saturated heterocycles. The van der Waals surface area contributed by atoms with Crippen LogP contribution in [0.4, 0.5) is 11.4 Å². The number of anilines is 2. The molecule has 6 nitrogen and oxygen atoms in total. The summed E-state index contributed by atoms with van der Waals surface area (Å²) < 4.78 is 0. The zero-order valence-corrected chi connectivity index (χ0v) is 17.3. The summed E-state index contributed by atoms with van der Waals surface area (Å²) in [6.45, 7) is 4.19. The molecule has 2 heterocycles. The first-order valence-corrected chi connectivity index (χ1v) is 10.1. The molecule has 4 rings (SSSR count). The quantitative estimate of drug-likeness (QED) is 0.560. The molecule has 0 aliphatic carbocycles. The van der Waals surface area contributed by atoms with E-state index in [1.807, 2.05) is 30.3 Å². The van der Waals surface area contributed by atoms with E-state index in [9.17, 15) is 5.11 Å². The highest BCUT2D eigenvalue weighted by Gasteiger charge is 2.24. The van der Waals surface area contributed by atoms with Gasteiger partial charge < -0.3 is 20.2 Å². The van der Waals surface area contributed by atoms with Crippen LogP contribution in [0.2, 0.25) is 0 Å². The van der Waals surface area contributed by atoms with E-state index in [4.69, 9.17) is 0 Å². The van der Waals surface area contributed by atoms with Crippen LogP contribution >= 0.6 is 0 Å². The summed E-state index contributed by atoms with van der Waals surface area (Å²) in [6.07, 6.45) is 0.340. The van der Waals surface area contributed by atoms with Crippen molar-refractivity contribution in [3.05, 3.63) is 65.9 Å². The van der Waals surface area contributed by atoms with Gasteiger partial charge in [-0.15, -0.1) is 0 Å². The third-order valence-electron chi connectivity index (χ3n) is 5.67. The number of aryl methyl sites for hydroxylation is 1. The molecule has 1 aliphatic rings. The van der Waals surface area contributed by atoms with Gasteiger partial charge in [0.2, 0.25) is 0 Å². The van der Waals surface area contributed by atoms with Gasteiger partial charge in [0.15, 0.2) is 6.23 Å².